The van der Waals surface area contributed by atoms with Crippen LogP contribution in [0, 0.1) is 0 Å². The van der Waals surface area contributed by atoms with Crippen LogP contribution in [0.15, 0.2) is 29.4 Å². The third kappa shape index (κ3) is 3.90. The number of rotatable bonds is 4. The van der Waals surface area contributed by atoms with Crippen molar-refractivity contribution in [2.75, 3.05) is 18.1 Å². The third-order valence-corrected chi connectivity index (χ3v) is 4.39. The normalized spacial score (nSPS) is 15.7. The zero-order valence-electron chi connectivity index (χ0n) is 14.7. The topological polar surface area (TPSA) is 131 Å². The molecule has 3 rings (SSSR count). The van der Waals surface area contributed by atoms with E-state index in [2.05, 4.69) is 25.6 Å². The number of allylic oxidation sites excluding steroid dienone is 1. The number of pyridine rings is 2. The number of hydrogen-bond acceptors (Lipinski definition) is 6. The molecule has 1 fully saturated rings. The summed E-state index contributed by atoms with van der Waals surface area (Å²) in [7, 11) is 1.65. The van der Waals surface area contributed by atoms with Crippen molar-refractivity contribution < 1.29 is 4.79 Å². The van der Waals surface area contributed by atoms with Gasteiger partial charge in [0.05, 0.1) is 11.0 Å². The summed E-state index contributed by atoms with van der Waals surface area (Å²) < 4.78 is 0. The van der Waals surface area contributed by atoms with Crippen LogP contribution in [0.2, 0.25) is 0 Å². The molecule has 0 bridgehead atoms. The van der Waals surface area contributed by atoms with Crippen molar-refractivity contribution in [1.29, 1.82) is 0 Å². The van der Waals surface area contributed by atoms with Crippen molar-refractivity contribution >= 4 is 40.5 Å². The number of aromatic nitrogens is 2. The van der Waals surface area contributed by atoms with E-state index in [0.29, 0.717) is 33.8 Å². The molecule has 0 radical (unpaired) electrons. The second-order valence-electron chi connectivity index (χ2n) is 6.25. The number of anilines is 2. The van der Waals surface area contributed by atoms with Gasteiger partial charge in [0.25, 0.3) is 0 Å². The molecule has 2 aromatic heterocycles. The molecule has 0 saturated heterocycles. The van der Waals surface area contributed by atoms with Crippen molar-refractivity contribution in [3.8, 4) is 0 Å². The number of amides is 2. The summed E-state index contributed by atoms with van der Waals surface area (Å²) >= 11 is 0. The van der Waals surface area contributed by atoms with Gasteiger partial charge in [0.2, 0.25) is 0 Å². The molecule has 0 atom stereocenters. The number of carbonyl (C=O) groups is 1. The number of aliphatic imine (C=N–C) groups is 1. The van der Waals surface area contributed by atoms with Crippen LogP contribution in [0.3, 0.4) is 0 Å². The van der Waals surface area contributed by atoms with Crippen LogP contribution in [-0.4, -0.2) is 35.3 Å². The van der Waals surface area contributed by atoms with Gasteiger partial charge in [-0.25, -0.2) is 14.8 Å². The van der Waals surface area contributed by atoms with E-state index in [0.717, 1.165) is 25.7 Å². The number of nitrogens with two attached hydrogens (primary N) is 2. The molecule has 0 aromatic carbocycles. The fourth-order valence-electron chi connectivity index (χ4n) is 3.12. The molecule has 0 unspecified atom stereocenters. The Hall–Kier alpha value is -3.16. The SMILES string of the molecule is CN=CC(=CN)c1cc2nc(NC(=O)NC3CCCC3)ccc2nc1N. The highest BCUT2D eigenvalue weighted by molar-refractivity contribution is 6.12. The number of hydrogen-bond donors (Lipinski definition) is 4. The summed E-state index contributed by atoms with van der Waals surface area (Å²) in [4.78, 5) is 24.9. The van der Waals surface area contributed by atoms with Gasteiger partial charge in [0.15, 0.2) is 0 Å². The summed E-state index contributed by atoms with van der Waals surface area (Å²) in [6.45, 7) is 0. The van der Waals surface area contributed by atoms with Crippen LogP contribution >= 0.6 is 0 Å². The van der Waals surface area contributed by atoms with Gasteiger partial charge >= 0.3 is 6.03 Å². The molecule has 0 spiro atoms. The highest BCUT2D eigenvalue weighted by Crippen LogP contribution is 2.24. The van der Waals surface area contributed by atoms with Gasteiger partial charge in [-0.05, 0) is 31.0 Å². The molecule has 8 heteroatoms. The summed E-state index contributed by atoms with van der Waals surface area (Å²) in [5, 5.41) is 5.75. The monoisotopic (exact) mass is 353 g/mol. The number of nitrogens with zero attached hydrogens (tertiary/aromatic N) is 3. The lowest BCUT2D eigenvalue weighted by molar-refractivity contribution is 0.248. The van der Waals surface area contributed by atoms with Crippen molar-refractivity contribution in [2.45, 2.75) is 31.7 Å². The van der Waals surface area contributed by atoms with Crippen molar-refractivity contribution in [3.05, 3.63) is 30.0 Å². The molecule has 1 aliphatic rings. The average molecular weight is 353 g/mol. The Balaban J connectivity index is 1.84. The van der Waals surface area contributed by atoms with E-state index in [1.165, 1.54) is 6.20 Å². The minimum Gasteiger partial charge on any atom is -0.404 e. The Morgan fingerprint density at radius 3 is 2.73 bits per heavy atom. The first-order chi connectivity index (χ1) is 12.6. The van der Waals surface area contributed by atoms with E-state index in [9.17, 15) is 4.79 Å². The van der Waals surface area contributed by atoms with Gasteiger partial charge in [0.1, 0.15) is 11.6 Å². The second-order valence-corrected chi connectivity index (χ2v) is 6.25. The standard InChI is InChI=1S/C18H23N7O/c1-21-10-11(9-19)13-8-15-14(24-17(13)20)6-7-16(23-15)25-18(26)22-12-4-2-3-5-12/h6-10,12H,2-5,19H2,1H3,(H2,20,24)(H2,22,23,25,26). The van der Waals surface area contributed by atoms with Crippen molar-refractivity contribution in [1.82, 2.24) is 15.3 Å². The predicted octanol–water partition coefficient (Wildman–Crippen LogP) is 2.28. The quantitative estimate of drug-likeness (QED) is 0.626. The van der Waals surface area contributed by atoms with E-state index in [-0.39, 0.29) is 12.1 Å². The number of fused-ring (bicyclic) bond motifs is 1. The van der Waals surface area contributed by atoms with Gasteiger partial charge < -0.3 is 16.8 Å². The predicted molar refractivity (Wildman–Crippen MR) is 105 cm³/mol. The van der Waals surface area contributed by atoms with Crippen LogP contribution in [0.1, 0.15) is 31.2 Å². The van der Waals surface area contributed by atoms with E-state index in [1.807, 2.05) is 0 Å². The molecule has 2 aromatic rings. The Bertz CT molecular complexity index is 869. The summed E-state index contributed by atoms with van der Waals surface area (Å²) in [5.41, 5.74) is 14.2. The zero-order valence-corrected chi connectivity index (χ0v) is 14.7. The molecular weight excluding hydrogens is 330 g/mol. The van der Waals surface area contributed by atoms with E-state index in [1.54, 1.807) is 31.5 Å². The highest BCUT2D eigenvalue weighted by Gasteiger charge is 2.17. The number of nitrogens with one attached hydrogen (secondary N) is 2. The first-order valence-electron chi connectivity index (χ1n) is 8.60. The lowest BCUT2D eigenvalue weighted by Crippen LogP contribution is -2.36. The number of nitrogen functional groups attached to an aromatic ring is 1. The minimum absolute atomic E-state index is 0.243. The van der Waals surface area contributed by atoms with E-state index in [4.69, 9.17) is 11.5 Å². The van der Waals surface area contributed by atoms with E-state index < -0.39 is 0 Å². The third-order valence-electron chi connectivity index (χ3n) is 4.39. The van der Waals surface area contributed by atoms with E-state index >= 15 is 0 Å². The molecule has 0 aliphatic heterocycles. The largest absolute Gasteiger partial charge is 0.404 e. The van der Waals surface area contributed by atoms with Gasteiger partial charge in [0, 0.05) is 36.6 Å². The van der Waals surface area contributed by atoms with Crippen molar-refractivity contribution in [3.63, 3.8) is 0 Å². The Labute approximate surface area is 151 Å². The van der Waals surface area contributed by atoms with Gasteiger partial charge in [-0.15, -0.1) is 0 Å². The molecule has 2 amide bonds. The highest BCUT2D eigenvalue weighted by atomic mass is 16.2. The fraction of sp³-hybridized carbons (Fsp3) is 0.333. The van der Waals surface area contributed by atoms with Crippen LogP contribution in [0.4, 0.5) is 16.4 Å². The number of carbonyl (C=O) groups excluding carboxylic acids is 1. The fourth-order valence-corrected chi connectivity index (χ4v) is 3.12. The molecule has 26 heavy (non-hydrogen) atoms. The summed E-state index contributed by atoms with van der Waals surface area (Å²) in [6, 6.07) is 5.27. The molecule has 1 aliphatic carbocycles. The maximum Gasteiger partial charge on any atom is 0.320 e. The zero-order chi connectivity index (χ0) is 18.5. The summed E-state index contributed by atoms with van der Waals surface area (Å²) in [6.07, 6.45) is 7.40. The molecule has 1 saturated carbocycles. The van der Waals surface area contributed by atoms with Gasteiger partial charge in [-0.2, -0.15) is 0 Å². The van der Waals surface area contributed by atoms with Crippen LogP contribution < -0.4 is 22.1 Å². The molecular formula is C18H23N7O. The van der Waals surface area contributed by atoms with Crippen LogP contribution in [0.5, 0.6) is 0 Å². The molecule has 136 valence electrons. The summed E-state index contributed by atoms with van der Waals surface area (Å²) in [5.74, 6) is 0.795. The van der Waals surface area contributed by atoms with Crippen LogP contribution in [0.25, 0.3) is 16.6 Å². The maximum atomic E-state index is 12.1. The number of urea groups is 1. The average Bonchev–Trinajstić information content (AvgIpc) is 3.12. The first-order valence-corrected chi connectivity index (χ1v) is 8.60. The van der Waals surface area contributed by atoms with Crippen LogP contribution in [-0.2, 0) is 0 Å². The van der Waals surface area contributed by atoms with Gasteiger partial charge in [-0.1, -0.05) is 12.8 Å². The first kappa shape index (κ1) is 17.7. The Kier molecular flexibility index (Phi) is 5.31. The molecule has 8 nitrogen and oxygen atoms in total. The molecule has 6 N–H and O–H groups in total. The van der Waals surface area contributed by atoms with Crippen molar-refractivity contribution in [2.24, 2.45) is 10.7 Å². The lowest BCUT2D eigenvalue weighted by Gasteiger charge is -2.13. The molecule has 2 heterocycles. The Morgan fingerprint density at radius 2 is 2.04 bits per heavy atom. The second kappa shape index (κ2) is 7.81. The smallest absolute Gasteiger partial charge is 0.320 e. The van der Waals surface area contributed by atoms with Gasteiger partial charge in [-0.3, -0.25) is 10.3 Å². The maximum absolute atomic E-state index is 12.1. The minimum atomic E-state index is -0.243. The Morgan fingerprint density at radius 1 is 1.27 bits per heavy atom. The lowest BCUT2D eigenvalue weighted by atomic mass is 10.1.